The van der Waals surface area contributed by atoms with Crippen molar-refractivity contribution in [3.05, 3.63) is 16.7 Å². The second-order valence-electron chi connectivity index (χ2n) is 4.92. The topological polar surface area (TPSA) is 108 Å². The van der Waals surface area contributed by atoms with Gasteiger partial charge in [-0.1, -0.05) is 20.8 Å². The van der Waals surface area contributed by atoms with Crippen molar-refractivity contribution in [3.63, 3.8) is 0 Å². The van der Waals surface area contributed by atoms with Crippen LogP contribution < -0.4 is 11.1 Å². The number of carbonyl (C=O) groups is 1. The predicted octanol–water partition coefficient (Wildman–Crippen LogP) is 2.73. The molecule has 0 bridgehead atoms. The van der Waals surface area contributed by atoms with Crippen LogP contribution in [-0.4, -0.2) is 34.3 Å². The molecule has 120 valence electrons. The molecule has 0 amide bonds. The Morgan fingerprint density at radius 2 is 2.10 bits per heavy atom. The summed E-state index contributed by atoms with van der Waals surface area (Å²) < 4.78 is 0.906. The van der Waals surface area contributed by atoms with Gasteiger partial charge in [0.05, 0.1) is 11.8 Å². The molecule has 1 aromatic rings. The van der Waals surface area contributed by atoms with Crippen LogP contribution in [0.25, 0.3) is 0 Å². The Bertz CT molecular complexity index is 437. The number of nitrogen functional groups attached to an aromatic ring is 1. The van der Waals surface area contributed by atoms with E-state index in [1.807, 2.05) is 19.9 Å². The highest BCUT2D eigenvalue weighted by Gasteiger charge is 2.38. The van der Waals surface area contributed by atoms with E-state index in [2.05, 4.69) is 33.2 Å². The molecule has 0 spiro atoms. The van der Waals surface area contributed by atoms with Gasteiger partial charge in [0, 0.05) is 17.2 Å². The van der Waals surface area contributed by atoms with E-state index >= 15 is 0 Å². The number of nitrogens with one attached hydrogen (secondary N) is 1. The van der Waals surface area contributed by atoms with Gasteiger partial charge in [-0.2, -0.15) is 0 Å². The van der Waals surface area contributed by atoms with Crippen LogP contribution in [0.1, 0.15) is 33.6 Å². The van der Waals surface area contributed by atoms with Crippen LogP contribution in [-0.2, 0) is 4.79 Å². The van der Waals surface area contributed by atoms with E-state index in [1.165, 1.54) is 0 Å². The number of hydrogen-bond acceptors (Lipinski definition) is 5. The first kappa shape index (κ1) is 19.7. The Labute approximate surface area is 133 Å². The number of nitrogens with two attached hydrogens (primary N) is 1. The van der Waals surface area contributed by atoms with E-state index < -0.39 is 0 Å². The lowest BCUT2D eigenvalue weighted by molar-refractivity contribution is -0.122. The van der Waals surface area contributed by atoms with Gasteiger partial charge in [0.1, 0.15) is 5.82 Å². The molecule has 1 saturated carbocycles. The molecule has 0 aliphatic heterocycles. The fourth-order valence-corrected chi connectivity index (χ4v) is 2.45. The van der Waals surface area contributed by atoms with Crippen molar-refractivity contribution >= 4 is 33.9 Å². The number of pyridine rings is 1. The van der Waals surface area contributed by atoms with E-state index in [0.29, 0.717) is 5.82 Å². The van der Waals surface area contributed by atoms with Crippen molar-refractivity contribution in [1.29, 1.82) is 0 Å². The summed E-state index contributed by atoms with van der Waals surface area (Å²) in [4.78, 5) is 12.4. The molecule has 0 aromatic carbocycles. The molecule has 0 atom stereocenters. The second kappa shape index (κ2) is 9.57. The molecule has 6 nitrogen and oxygen atoms in total. The van der Waals surface area contributed by atoms with Crippen LogP contribution in [0.5, 0.6) is 0 Å². The lowest BCUT2D eigenvalue weighted by Gasteiger charge is -2.42. The highest BCUT2D eigenvalue weighted by Crippen LogP contribution is 2.40. The molecule has 0 saturated heterocycles. The SMILES string of the molecule is CC.CC1(CNc2cc(Br)cnc2N)CC(O)C1.O=CO. The number of rotatable bonds is 3. The number of anilines is 2. The smallest absolute Gasteiger partial charge is 0.290 e. The highest BCUT2D eigenvalue weighted by atomic mass is 79.9. The molecule has 5 N–H and O–H groups in total. The molecule has 1 aliphatic rings. The van der Waals surface area contributed by atoms with Gasteiger partial charge in [-0.05, 0) is 40.3 Å². The first-order chi connectivity index (χ1) is 9.90. The molecule has 2 rings (SSSR count). The lowest BCUT2D eigenvalue weighted by atomic mass is 9.68. The minimum Gasteiger partial charge on any atom is -0.483 e. The average Bonchev–Trinajstić information content (AvgIpc) is 2.42. The molecule has 1 heterocycles. The zero-order valence-electron chi connectivity index (χ0n) is 12.6. The number of aromatic nitrogens is 1. The van der Waals surface area contributed by atoms with Crippen LogP contribution in [0.2, 0.25) is 0 Å². The van der Waals surface area contributed by atoms with Gasteiger partial charge in [-0.25, -0.2) is 4.98 Å². The minimum atomic E-state index is -0.250. The molecule has 1 fully saturated rings. The number of carboxylic acid groups (broad SMARTS) is 1. The highest BCUT2D eigenvalue weighted by molar-refractivity contribution is 9.10. The zero-order valence-corrected chi connectivity index (χ0v) is 14.2. The maximum absolute atomic E-state index is 9.31. The van der Waals surface area contributed by atoms with E-state index in [1.54, 1.807) is 6.20 Å². The monoisotopic (exact) mass is 361 g/mol. The quantitative estimate of drug-likeness (QED) is 0.616. The standard InChI is InChI=1S/C11H16BrN3O.C2H6.CH2O2/c1-11(3-8(16)4-11)6-15-9-2-7(12)5-14-10(9)13;1-2;2-1-3/h2,5,8,15-16H,3-4,6H2,1H3,(H2,13,14);1-2H3;1H,(H,2,3). The molecule has 21 heavy (non-hydrogen) atoms. The van der Waals surface area contributed by atoms with Crippen LogP contribution in [0.15, 0.2) is 16.7 Å². The summed E-state index contributed by atoms with van der Waals surface area (Å²) in [6, 6.07) is 1.92. The molecule has 1 aliphatic carbocycles. The summed E-state index contributed by atoms with van der Waals surface area (Å²) in [5.41, 5.74) is 6.78. The van der Waals surface area contributed by atoms with E-state index in [-0.39, 0.29) is 18.0 Å². The Morgan fingerprint density at radius 1 is 1.57 bits per heavy atom. The predicted molar refractivity (Wildman–Crippen MR) is 88.2 cm³/mol. The summed E-state index contributed by atoms with van der Waals surface area (Å²) in [5, 5.41) is 19.5. The molecule has 7 heteroatoms. The Hall–Kier alpha value is -1.34. The largest absolute Gasteiger partial charge is 0.483 e. The number of aliphatic hydroxyl groups is 1. The van der Waals surface area contributed by atoms with Crippen molar-refractivity contribution in [2.24, 2.45) is 5.41 Å². The molecular weight excluding hydrogens is 338 g/mol. The number of aliphatic hydroxyl groups excluding tert-OH is 1. The van der Waals surface area contributed by atoms with Crippen LogP contribution in [0, 0.1) is 5.41 Å². The first-order valence-electron chi connectivity index (χ1n) is 6.81. The van der Waals surface area contributed by atoms with Crippen LogP contribution >= 0.6 is 15.9 Å². The minimum absolute atomic E-state index is 0.134. The third kappa shape index (κ3) is 6.77. The second-order valence-corrected chi connectivity index (χ2v) is 5.83. The fraction of sp³-hybridized carbons (Fsp3) is 0.571. The Morgan fingerprint density at radius 3 is 2.57 bits per heavy atom. The zero-order chi connectivity index (χ0) is 16.5. The van der Waals surface area contributed by atoms with E-state index in [4.69, 9.17) is 15.6 Å². The molecule has 0 radical (unpaired) electrons. The maximum Gasteiger partial charge on any atom is 0.290 e. The third-order valence-corrected chi connectivity index (χ3v) is 3.48. The van der Waals surface area contributed by atoms with Crippen LogP contribution in [0.3, 0.4) is 0 Å². The lowest BCUT2D eigenvalue weighted by Crippen LogP contribution is -2.43. The maximum atomic E-state index is 9.31. The molecule has 1 aromatic heterocycles. The van der Waals surface area contributed by atoms with Gasteiger partial charge < -0.3 is 21.3 Å². The van der Waals surface area contributed by atoms with Crippen molar-refractivity contribution in [1.82, 2.24) is 4.98 Å². The van der Waals surface area contributed by atoms with Gasteiger partial charge in [0.2, 0.25) is 0 Å². The number of halogens is 1. The Kier molecular flexibility index (Phi) is 8.96. The third-order valence-electron chi connectivity index (χ3n) is 3.05. The normalized spacial score (nSPS) is 22.6. The Balaban J connectivity index is 0.000000713. The summed E-state index contributed by atoms with van der Waals surface area (Å²) in [7, 11) is 0. The average molecular weight is 362 g/mol. The summed E-state index contributed by atoms with van der Waals surface area (Å²) >= 11 is 3.36. The van der Waals surface area contributed by atoms with Gasteiger partial charge >= 0.3 is 0 Å². The van der Waals surface area contributed by atoms with Crippen LogP contribution in [0.4, 0.5) is 11.5 Å². The summed E-state index contributed by atoms with van der Waals surface area (Å²) in [5.74, 6) is 0.506. The number of nitrogens with zero attached hydrogens (tertiary/aromatic N) is 1. The van der Waals surface area contributed by atoms with Crippen molar-refractivity contribution in [2.45, 2.75) is 39.7 Å². The van der Waals surface area contributed by atoms with Crippen molar-refractivity contribution in [2.75, 3.05) is 17.6 Å². The fourth-order valence-electron chi connectivity index (χ4n) is 2.12. The van der Waals surface area contributed by atoms with Crippen molar-refractivity contribution < 1.29 is 15.0 Å². The van der Waals surface area contributed by atoms with Gasteiger partial charge in [0.15, 0.2) is 0 Å². The van der Waals surface area contributed by atoms with Gasteiger partial charge in [-0.3, -0.25) is 4.79 Å². The van der Waals surface area contributed by atoms with Gasteiger partial charge in [-0.15, -0.1) is 0 Å². The number of hydrogen-bond donors (Lipinski definition) is 4. The summed E-state index contributed by atoms with van der Waals surface area (Å²) in [6.45, 7) is 6.72. The first-order valence-corrected chi connectivity index (χ1v) is 7.60. The molecular formula is C14H24BrN3O3. The molecule has 0 unspecified atom stereocenters. The summed E-state index contributed by atoms with van der Waals surface area (Å²) in [6.07, 6.45) is 3.24. The van der Waals surface area contributed by atoms with Crippen molar-refractivity contribution in [3.8, 4) is 0 Å². The van der Waals surface area contributed by atoms with E-state index in [9.17, 15) is 5.11 Å². The van der Waals surface area contributed by atoms with Gasteiger partial charge in [0.25, 0.3) is 6.47 Å². The van der Waals surface area contributed by atoms with E-state index in [0.717, 1.165) is 29.5 Å².